The number of anilines is 1. The molecule has 2 N–H and O–H groups in total. The van der Waals surface area contributed by atoms with Crippen molar-refractivity contribution < 1.29 is 4.57 Å². The first-order valence-corrected chi connectivity index (χ1v) is 3.20. The molecule has 0 saturated carbocycles. The van der Waals surface area contributed by atoms with Gasteiger partial charge >= 0.3 is 0 Å². The van der Waals surface area contributed by atoms with Crippen LogP contribution in [0.2, 0.25) is 0 Å². The molecule has 3 nitrogen and oxygen atoms in total. The Morgan fingerprint density at radius 2 is 2.10 bits per heavy atom. The van der Waals surface area contributed by atoms with E-state index in [4.69, 9.17) is 5.73 Å². The van der Waals surface area contributed by atoms with Crippen molar-refractivity contribution in [3.63, 3.8) is 0 Å². The Morgan fingerprint density at radius 1 is 1.50 bits per heavy atom. The van der Waals surface area contributed by atoms with E-state index in [1.54, 1.807) is 0 Å². The number of aromatic nitrogens is 2. The van der Waals surface area contributed by atoms with E-state index in [9.17, 15) is 0 Å². The second-order valence-corrected chi connectivity index (χ2v) is 2.47. The third kappa shape index (κ3) is 1.07. The highest BCUT2D eigenvalue weighted by molar-refractivity contribution is 5.34. The predicted octanol–water partition coefficient (Wildman–Crippen LogP) is 0.105. The summed E-state index contributed by atoms with van der Waals surface area (Å²) < 4.78 is 1.95. The molecule has 54 valence electrons. The van der Waals surface area contributed by atoms with Crippen LogP contribution in [-0.4, -0.2) is 4.98 Å². The zero-order valence-electron chi connectivity index (χ0n) is 6.55. The number of rotatable bonds is 0. The zero-order chi connectivity index (χ0) is 7.72. The summed E-state index contributed by atoms with van der Waals surface area (Å²) in [6.45, 7) is 3.87. The lowest BCUT2D eigenvalue weighted by atomic mass is 10.3. The van der Waals surface area contributed by atoms with Gasteiger partial charge in [-0.25, -0.2) is 4.57 Å². The van der Waals surface area contributed by atoms with Gasteiger partial charge in [0.2, 0.25) is 5.82 Å². The SMILES string of the molecule is Cc1c[n+](C)c(C)nc1N. The summed E-state index contributed by atoms with van der Waals surface area (Å²) in [5.41, 5.74) is 6.59. The molecule has 0 unspecified atom stereocenters. The molecule has 0 aliphatic carbocycles. The first-order chi connectivity index (χ1) is 4.61. The van der Waals surface area contributed by atoms with Gasteiger partial charge in [0, 0.05) is 6.92 Å². The van der Waals surface area contributed by atoms with Crippen molar-refractivity contribution in [1.82, 2.24) is 4.98 Å². The van der Waals surface area contributed by atoms with Crippen LogP contribution >= 0.6 is 0 Å². The maximum absolute atomic E-state index is 5.57. The van der Waals surface area contributed by atoms with Crippen molar-refractivity contribution in [2.24, 2.45) is 7.05 Å². The average Bonchev–Trinajstić information content (AvgIpc) is 1.84. The lowest BCUT2D eigenvalue weighted by Crippen LogP contribution is -2.33. The minimum atomic E-state index is 0.621. The smallest absolute Gasteiger partial charge is 0.297 e. The van der Waals surface area contributed by atoms with Gasteiger partial charge in [-0.15, -0.1) is 0 Å². The van der Waals surface area contributed by atoms with Gasteiger partial charge in [-0.05, 0) is 11.9 Å². The average molecular weight is 138 g/mol. The molecular formula is C7H12N3+. The van der Waals surface area contributed by atoms with Crippen LogP contribution in [0.1, 0.15) is 11.4 Å². The zero-order valence-corrected chi connectivity index (χ0v) is 6.55. The molecule has 0 aliphatic rings. The molecule has 0 aromatic carbocycles. The molecule has 1 aromatic heterocycles. The number of aryl methyl sites for hydroxylation is 3. The van der Waals surface area contributed by atoms with Crippen LogP contribution in [-0.2, 0) is 7.05 Å². The van der Waals surface area contributed by atoms with E-state index < -0.39 is 0 Å². The first kappa shape index (κ1) is 6.99. The van der Waals surface area contributed by atoms with Gasteiger partial charge < -0.3 is 5.73 Å². The molecule has 0 aliphatic heterocycles. The fourth-order valence-electron chi connectivity index (χ4n) is 0.791. The van der Waals surface area contributed by atoms with Crippen LogP contribution in [0.3, 0.4) is 0 Å². The highest BCUT2D eigenvalue weighted by atomic mass is 15.0. The van der Waals surface area contributed by atoms with Gasteiger partial charge in [0.1, 0.15) is 0 Å². The number of nitrogen functional groups attached to an aromatic ring is 1. The van der Waals surface area contributed by atoms with Crippen LogP contribution in [0.5, 0.6) is 0 Å². The molecule has 0 amide bonds. The fraction of sp³-hybridized carbons (Fsp3) is 0.429. The Kier molecular flexibility index (Phi) is 1.57. The van der Waals surface area contributed by atoms with Crippen LogP contribution in [0, 0.1) is 13.8 Å². The van der Waals surface area contributed by atoms with E-state index in [-0.39, 0.29) is 0 Å². The first-order valence-electron chi connectivity index (χ1n) is 3.20. The molecule has 10 heavy (non-hydrogen) atoms. The third-order valence-corrected chi connectivity index (χ3v) is 1.58. The Bertz CT molecular complexity index is 205. The highest BCUT2D eigenvalue weighted by Crippen LogP contribution is 2.01. The maximum atomic E-state index is 5.57. The van der Waals surface area contributed by atoms with Gasteiger partial charge in [0.25, 0.3) is 5.82 Å². The molecule has 0 radical (unpaired) electrons. The Balaban J connectivity index is 3.28. The molecule has 3 heteroatoms. The Labute approximate surface area is 60.5 Å². The number of nitrogens with zero attached hydrogens (tertiary/aromatic N) is 2. The van der Waals surface area contributed by atoms with Crippen LogP contribution < -0.4 is 10.3 Å². The molecule has 1 aromatic rings. The fourth-order valence-corrected chi connectivity index (χ4v) is 0.791. The number of nitrogens with two attached hydrogens (primary N) is 1. The minimum Gasteiger partial charge on any atom is -0.363 e. The van der Waals surface area contributed by atoms with Crippen LogP contribution in [0.25, 0.3) is 0 Å². The monoisotopic (exact) mass is 138 g/mol. The summed E-state index contributed by atoms with van der Waals surface area (Å²) in [5, 5.41) is 0. The van der Waals surface area contributed by atoms with Crippen molar-refractivity contribution in [2.75, 3.05) is 5.73 Å². The van der Waals surface area contributed by atoms with Crippen molar-refractivity contribution in [3.8, 4) is 0 Å². The quantitative estimate of drug-likeness (QED) is 0.517. The van der Waals surface area contributed by atoms with E-state index in [2.05, 4.69) is 4.98 Å². The van der Waals surface area contributed by atoms with Gasteiger partial charge in [-0.2, -0.15) is 0 Å². The van der Waals surface area contributed by atoms with E-state index in [1.165, 1.54) is 0 Å². The standard InChI is InChI=1S/C7H11N3/c1-5-4-10(3)6(2)9-7(5)8/h4,8H,1-3H3/p+1. The van der Waals surface area contributed by atoms with Gasteiger partial charge in [-0.1, -0.05) is 0 Å². The van der Waals surface area contributed by atoms with Gasteiger partial charge in [0.15, 0.2) is 0 Å². The second-order valence-electron chi connectivity index (χ2n) is 2.47. The lowest BCUT2D eigenvalue weighted by molar-refractivity contribution is -0.681. The van der Waals surface area contributed by atoms with E-state index >= 15 is 0 Å². The lowest BCUT2D eigenvalue weighted by Gasteiger charge is -1.95. The summed E-state index contributed by atoms with van der Waals surface area (Å²) in [4.78, 5) is 4.11. The van der Waals surface area contributed by atoms with Crippen molar-refractivity contribution in [3.05, 3.63) is 17.6 Å². The minimum absolute atomic E-state index is 0.621. The highest BCUT2D eigenvalue weighted by Gasteiger charge is 2.06. The summed E-state index contributed by atoms with van der Waals surface area (Å²) in [5.74, 6) is 1.55. The maximum Gasteiger partial charge on any atom is 0.297 e. The molecule has 0 atom stereocenters. The summed E-state index contributed by atoms with van der Waals surface area (Å²) in [6.07, 6.45) is 1.97. The van der Waals surface area contributed by atoms with Crippen molar-refractivity contribution >= 4 is 5.82 Å². The van der Waals surface area contributed by atoms with Crippen LogP contribution in [0.15, 0.2) is 6.20 Å². The van der Waals surface area contributed by atoms with Crippen LogP contribution in [0.4, 0.5) is 5.82 Å². The van der Waals surface area contributed by atoms with E-state index in [1.807, 2.05) is 31.7 Å². The van der Waals surface area contributed by atoms with E-state index in [0.717, 1.165) is 11.4 Å². The number of hydrogen-bond acceptors (Lipinski definition) is 2. The van der Waals surface area contributed by atoms with Gasteiger partial charge in [0.05, 0.1) is 18.8 Å². The third-order valence-electron chi connectivity index (χ3n) is 1.58. The molecule has 1 rings (SSSR count). The normalized spacial score (nSPS) is 9.90. The largest absolute Gasteiger partial charge is 0.363 e. The summed E-state index contributed by atoms with van der Waals surface area (Å²) in [6, 6.07) is 0. The molecule has 1 heterocycles. The second kappa shape index (κ2) is 2.25. The summed E-state index contributed by atoms with van der Waals surface area (Å²) in [7, 11) is 1.95. The van der Waals surface area contributed by atoms with Crippen molar-refractivity contribution in [2.45, 2.75) is 13.8 Å². The topological polar surface area (TPSA) is 42.8 Å². The molecule has 0 fully saturated rings. The predicted molar refractivity (Wildman–Crippen MR) is 39.3 cm³/mol. The molecule has 0 bridgehead atoms. The summed E-state index contributed by atoms with van der Waals surface area (Å²) >= 11 is 0. The number of hydrogen-bond donors (Lipinski definition) is 1. The van der Waals surface area contributed by atoms with E-state index in [0.29, 0.717) is 5.82 Å². The molecule has 0 spiro atoms. The van der Waals surface area contributed by atoms with Gasteiger partial charge in [-0.3, -0.25) is 0 Å². The van der Waals surface area contributed by atoms with Crippen molar-refractivity contribution in [1.29, 1.82) is 0 Å². The molecular weight excluding hydrogens is 126 g/mol. The Morgan fingerprint density at radius 3 is 2.60 bits per heavy atom. The molecule has 0 saturated heterocycles. The Hall–Kier alpha value is -1.12.